The molecule has 78 valence electrons. The van der Waals surface area contributed by atoms with Crippen LogP contribution >= 0.6 is 11.8 Å². The Hall–Kier alpha value is 0.270. The summed E-state index contributed by atoms with van der Waals surface area (Å²) in [5.41, 5.74) is 0. The van der Waals surface area contributed by atoms with Crippen molar-refractivity contribution in [1.82, 2.24) is 4.90 Å². The Morgan fingerprint density at radius 3 is 2.85 bits per heavy atom. The lowest BCUT2D eigenvalue weighted by Gasteiger charge is -2.28. The van der Waals surface area contributed by atoms with Gasteiger partial charge in [-0.1, -0.05) is 6.42 Å². The Morgan fingerprint density at radius 1 is 1.46 bits per heavy atom. The maximum atomic E-state index is 5.09. The molecule has 0 heterocycles. The number of thioether (sulfide) groups is 1. The molecule has 3 heteroatoms. The first-order valence-electron chi connectivity index (χ1n) is 5.01. The van der Waals surface area contributed by atoms with Gasteiger partial charge in [-0.15, -0.1) is 0 Å². The Morgan fingerprint density at radius 2 is 2.23 bits per heavy atom. The minimum atomic E-state index is 0.783. The third-order valence-corrected chi connectivity index (χ3v) is 4.09. The predicted molar refractivity (Wildman–Crippen MR) is 59.4 cm³/mol. The van der Waals surface area contributed by atoms with Crippen LogP contribution in [0, 0.1) is 0 Å². The van der Waals surface area contributed by atoms with Crippen LogP contribution in [0.4, 0.5) is 0 Å². The topological polar surface area (TPSA) is 12.5 Å². The molecule has 1 saturated carbocycles. The van der Waals surface area contributed by atoms with Crippen molar-refractivity contribution in [2.24, 2.45) is 0 Å². The molecule has 1 aliphatic rings. The van der Waals surface area contributed by atoms with Crippen molar-refractivity contribution in [3.05, 3.63) is 0 Å². The quantitative estimate of drug-likeness (QED) is 0.676. The second kappa shape index (κ2) is 5.89. The molecular weight excluding hydrogens is 182 g/mol. The molecule has 1 rings (SSSR count). The maximum Gasteiger partial charge on any atom is 0.0589 e. The molecule has 2 nitrogen and oxygen atoms in total. The van der Waals surface area contributed by atoms with Gasteiger partial charge in [0, 0.05) is 24.9 Å². The molecule has 0 aromatic rings. The third kappa shape index (κ3) is 3.15. The van der Waals surface area contributed by atoms with Crippen LogP contribution < -0.4 is 0 Å². The average Bonchev–Trinajstić information content (AvgIpc) is 2.61. The van der Waals surface area contributed by atoms with E-state index in [1.54, 1.807) is 7.11 Å². The van der Waals surface area contributed by atoms with Gasteiger partial charge >= 0.3 is 0 Å². The summed E-state index contributed by atoms with van der Waals surface area (Å²) in [4.78, 5) is 2.46. The summed E-state index contributed by atoms with van der Waals surface area (Å²) in [7, 11) is 3.99. The molecule has 0 bridgehead atoms. The van der Waals surface area contributed by atoms with Crippen molar-refractivity contribution in [3.63, 3.8) is 0 Å². The van der Waals surface area contributed by atoms with Crippen LogP contribution in [0.1, 0.15) is 19.3 Å². The molecule has 0 aliphatic heterocycles. The van der Waals surface area contributed by atoms with Gasteiger partial charge in [-0.25, -0.2) is 0 Å². The molecule has 0 saturated heterocycles. The molecule has 2 atom stereocenters. The predicted octanol–water partition coefficient (Wildman–Crippen LogP) is 1.85. The fourth-order valence-electron chi connectivity index (χ4n) is 2.09. The second-order valence-electron chi connectivity index (χ2n) is 3.75. The van der Waals surface area contributed by atoms with Crippen molar-refractivity contribution in [2.45, 2.75) is 30.6 Å². The summed E-state index contributed by atoms with van der Waals surface area (Å²) < 4.78 is 5.09. The highest BCUT2D eigenvalue weighted by atomic mass is 32.2. The SMILES string of the molecule is COCCN(C)C1CCCC1SC. The number of hydrogen-bond acceptors (Lipinski definition) is 3. The van der Waals surface area contributed by atoms with Gasteiger partial charge in [-0.05, 0) is 26.1 Å². The summed E-state index contributed by atoms with van der Waals surface area (Å²) >= 11 is 2.02. The maximum absolute atomic E-state index is 5.09. The van der Waals surface area contributed by atoms with Gasteiger partial charge in [0.05, 0.1) is 6.61 Å². The summed E-state index contributed by atoms with van der Waals surface area (Å²) in [6, 6.07) is 0.783. The summed E-state index contributed by atoms with van der Waals surface area (Å²) in [5.74, 6) is 0. The fourth-order valence-corrected chi connectivity index (χ4v) is 3.15. The van der Waals surface area contributed by atoms with Crippen LogP contribution in [-0.2, 0) is 4.74 Å². The lowest BCUT2D eigenvalue weighted by molar-refractivity contribution is 0.141. The van der Waals surface area contributed by atoms with E-state index in [0.717, 1.165) is 24.4 Å². The molecule has 0 N–H and O–H groups in total. The Kier molecular flexibility index (Phi) is 5.14. The molecule has 13 heavy (non-hydrogen) atoms. The molecule has 1 aliphatic carbocycles. The van der Waals surface area contributed by atoms with Crippen molar-refractivity contribution in [3.8, 4) is 0 Å². The van der Waals surface area contributed by atoms with E-state index in [4.69, 9.17) is 4.74 Å². The Bertz CT molecular complexity index is 143. The van der Waals surface area contributed by atoms with Crippen molar-refractivity contribution in [2.75, 3.05) is 33.6 Å². The smallest absolute Gasteiger partial charge is 0.0589 e. The number of nitrogens with zero attached hydrogens (tertiary/aromatic N) is 1. The lowest BCUT2D eigenvalue weighted by Crippen LogP contribution is -2.38. The van der Waals surface area contributed by atoms with E-state index in [1.807, 2.05) is 11.8 Å². The van der Waals surface area contributed by atoms with Crippen molar-refractivity contribution >= 4 is 11.8 Å². The highest BCUT2D eigenvalue weighted by Gasteiger charge is 2.29. The number of ether oxygens (including phenoxy) is 1. The first kappa shape index (κ1) is 11.3. The van der Waals surface area contributed by atoms with E-state index in [2.05, 4.69) is 18.2 Å². The third-order valence-electron chi connectivity index (χ3n) is 2.93. The molecule has 0 aromatic heterocycles. The van der Waals surface area contributed by atoms with Crippen LogP contribution in [0.5, 0.6) is 0 Å². The van der Waals surface area contributed by atoms with E-state index in [-0.39, 0.29) is 0 Å². The number of rotatable bonds is 5. The van der Waals surface area contributed by atoms with Crippen molar-refractivity contribution in [1.29, 1.82) is 0 Å². The van der Waals surface area contributed by atoms with E-state index in [9.17, 15) is 0 Å². The fraction of sp³-hybridized carbons (Fsp3) is 1.00. The summed E-state index contributed by atoms with van der Waals surface area (Å²) in [5, 5.41) is 0.849. The zero-order valence-electron chi connectivity index (χ0n) is 8.95. The average molecular weight is 203 g/mol. The van der Waals surface area contributed by atoms with Gasteiger partial charge < -0.3 is 9.64 Å². The van der Waals surface area contributed by atoms with Gasteiger partial charge in [0.25, 0.3) is 0 Å². The Labute approximate surface area is 86.0 Å². The number of methoxy groups -OCH3 is 1. The monoisotopic (exact) mass is 203 g/mol. The standard InChI is InChI=1S/C10H21NOS/c1-11(7-8-12-2)9-5-4-6-10(9)13-3/h9-10H,4-8H2,1-3H3. The van der Waals surface area contributed by atoms with Crippen LogP contribution in [-0.4, -0.2) is 49.8 Å². The molecule has 0 spiro atoms. The summed E-state index contributed by atoms with van der Waals surface area (Å²) in [6.45, 7) is 1.92. The zero-order valence-corrected chi connectivity index (χ0v) is 9.77. The highest BCUT2D eigenvalue weighted by molar-refractivity contribution is 7.99. The van der Waals surface area contributed by atoms with E-state index < -0.39 is 0 Å². The van der Waals surface area contributed by atoms with E-state index in [0.29, 0.717) is 0 Å². The lowest BCUT2D eigenvalue weighted by atomic mass is 10.2. The zero-order chi connectivity index (χ0) is 9.68. The van der Waals surface area contributed by atoms with Crippen molar-refractivity contribution < 1.29 is 4.74 Å². The normalized spacial score (nSPS) is 28.6. The second-order valence-corrected chi connectivity index (χ2v) is 4.82. The molecular formula is C10H21NOS. The van der Waals surface area contributed by atoms with Gasteiger partial charge in [0.15, 0.2) is 0 Å². The first-order valence-corrected chi connectivity index (χ1v) is 6.30. The van der Waals surface area contributed by atoms with Crippen LogP contribution in [0.3, 0.4) is 0 Å². The van der Waals surface area contributed by atoms with E-state index in [1.165, 1.54) is 19.3 Å². The van der Waals surface area contributed by atoms with Crippen LogP contribution in [0.2, 0.25) is 0 Å². The van der Waals surface area contributed by atoms with E-state index >= 15 is 0 Å². The summed E-state index contributed by atoms with van der Waals surface area (Å²) in [6.07, 6.45) is 6.38. The van der Waals surface area contributed by atoms with Gasteiger partial charge in [-0.3, -0.25) is 0 Å². The van der Waals surface area contributed by atoms with Gasteiger partial charge in [0.1, 0.15) is 0 Å². The highest BCUT2D eigenvalue weighted by Crippen LogP contribution is 2.31. The molecule has 2 unspecified atom stereocenters. The molecule has 0 amide bonds. The number of hydrogen-bond donors (Lipinski definition) is 0. The number of likely N-dealkylation sites (N-methyl/N-ethyl adjacent to an activating group) is 1. The minimum Gasteiger partial charge on any atom is -0.383 e. The Balaban J connectivity index is 2.31. The van der Waals surface area contributed by atoms with Gasteiger partial charge in [-0.2, -0.15) is 11.8 Å². The molecule has 1 fully saturated rings. The largest absolute Gasteiger partial charge is 0.383 e. The van der Waals surface area contributed by atoms with Crippen LogP contribution in [0.15, 0.2) is 0 Å². The van der Waals surface area contributed by atoms with Gasteiger partial charge in [0.2, 0.25) is 0 Å². The first-order chi connectivity index (χ1) is 6.29. The molecule has 0 radical (unpaired) electrons. The minimum absolute atomic E-state index is 0.783. The molecule has 0 aromatic carbocycles. The van der Waals surface area contributed by atoms with Crippen LogP contribution in [0.25, 0.3) is 0 Å².